The van der Waals surface area contributed by atoms with Crippen molar-refractivity contribution < 1.29 is 28.7 Å². The minimum atomic E-state index is -0.721. The molecule has 2 aliphatic rings. The van der Waals surface area contributed by atoms with Crippen LogP contribution >= 0.6 is 15.9 Å². The third-order valence-corrected chi connectivity index (χ3v) is 7.60. The number of nitrogens with zero attached hydrogens (tertiary/aromatic N) is 1. The molecular formula is C31H25BrN2O6. The highest BCUT2D eigenvalue weighted by atomic mass is 79.9. The lowest BCUT2D eigenvalue weighted by Crippen LogP contribution is -2.33. The zero-order valence-electron chi connectivity index (χ0n) is 21.6. The lowest BCUT2D eigenvalue weighted by Gasteiger charge is -2.19. The number of Topliss-reactive ketones (excluding diaryl/α,β-unsaturated/α-hetero) is 1. The molecule has 5 rings (SSSR count). The Balaban J connectivity index is 1.28. The van der Waals surface area contributed by atoms with Gasteiger partial charge in [0, 0.05) is 15.7 Å². The minimum Gasteiger partial charge on any atom is -0.454 e. The smallest absolute Gasteiger partial charge is 0.338 e. The molecule has 1 aliphatic heterocycles. The summed E-state index contributed by atoms with van der Waals surface area (Å²) in [5, 5.41) is 2.74. The number of carbonyl (C=O) groups is 5. The SMILES string of the molecule is CC1=CC[C@H]2C(=O)N(c3ccccc3C(=O)Nc3cccc(C(=O)OCC(=O)c4ccc(Br)cc4)c3)C(=O)[C@H]2C1. The van der Waals surface area contributed by atoms with Gasteiger partial charge < -0.3 is 10.1 Å². The second-order valence-electron chi connectivity index (χ2n) is 9.77. The number of ketones is 1. The minimum absolute atomic E-state index is 0.145. The van der Waals surface area contributed by atoms with Gasteiger partial charge in [0.1, 0.15) is 0 Å². The van der Waals surface area contributed by atoms with Crippen LogP contribution in [0.2, 0.25) is 0 Å². The summed E-state index contributed by atoms with van der Waals surface area (Å²) in [6.45, 7) is 1.52. The second kappa shape index (κ2) is 11.4. The van der Waals surface area contributed by atoms with E-state index in [0.29, 0.717) is 24.1 Å². The number of anilines is 2. The highest BCUT2D eigenvalue weighted by Gasteiger charge is 2.49. The summed E-state index contributed by atoms with van der Waals surface area (Å²) in [6.07, 6.45) is 3.02. The van der Waals surface area contributed by atoms with E-state index in [4.69, 9.17) is 4.74 Å². The summed E-state index contributed by atoms with van der Waals surface area (Å²) in [6, 6.07) is 19.3. The quantitative estimate of drug-likeness (QED) is 0.164. The number of rotatable bonds is 7. The molecule has 3 amide bonds. The first-order valence-corrected chi connectivity index (χ1v) is 13.5. The number of amides is 3. The van der Waals surface area contributed by atoms with E-state index in [0.717, 1.165) is 14.9 Å². The predicted octanol–water partition coefficient (Wildman–Crippen LogP) is 5.59. The molecule has 1 aliphatic carbocycles. The summed E-state index contributed by atoms with van der Waals surface area (Å²) in [7, 11) is 0. The van der Waals surface area contributed by atoms with Gasteiger partial charge in [-0.05, 0) is 62.2 Å². The van der Waals surface area contributed by atoms with Crippen LogP contribution in [-0.2, 0) is 14.3 Å². The van der Waals surface area contributed by atoms with E-state index in [1.54, 1.807) is 60.7 Å². The molecule has 0 bridgehead atoms. The molecule has 3 aromatic rings. The number of esters is 1. The van der Waals surface area contributed by atoms with Gasteiger partial charge >= 0.3 is 5.97 Å². The summed E-state index contributed by atoms with van der Waals surface area (Å²) >= 11 is 3.31. The highest BCUT2D eigenvalue weighted by Crippen LogP contribution is 2.40. The van der Waals surface area contributed by atoms with Gasteiger partial charge in [-0.25, -0.2) is 9.69 Å². The van der Waals surface area contributed by atoms with Gasteiger partial charge in [0.15, 0.2) is 12.4 Å². The Labute approximate surface area is 239 Å². The summed E-state index contributed by atoms with van der Waals surface area (Å²) in [5.74, 6) is -3.07. The van der Waals surface area contributed by atoms with Gasteiger partial charge in [-0.2, -0.15) is 0 Å². The molecular weight excluding hydrogens is 576 g/mol. The van der Waals surface area contributed by atoms with E-state index < -0.39 is 30.3 Å². The number of benzene rings is 3. The highest BCUT2D eigenvalue weighted by molar-refractivity contribution is 9.10. The Morgan fingerprint density at radius 1 is 0.925 bits per heavy atom. The van der Waals surface area contributed by atoms with Gasteiger partial charge in [-0.1, -0.05) is 57.9 Å². The standard InChI is InChI=1S/C31H25BrN2O6/c1-18-9-14-23-25(15-18)30(38)34(29(23)37)26-8-3-2-7-24(26)28(36)33-22-6-4-5-20(16-22)31(39)40-17-27(35)19-10-12-21(32)13-11-19/h2-13,16,23,25H,14-15,17H2,1H3,(H,33,36)/t23-,25+/m1/s1. The number of hydrogen-bond acceptors (Lipinski definition) is 6. The maximum Gasteiger partial charge on any atom is 0.338 e. The fourth-order valence-corrected chi connectivity index (χ4v) is 5.26. The number of ether oxygens (including phenoxy) is 1. The van der Waals surface area contributed by atoms with E-state index in [-0.39, 0.29) is 34.4 Å². The molecule has 1 saturated heterocycles. The molecule has 0 aromatic heterocycles. The van der Waals surface area contributed by atoms with Crippen LogP contribution in [0.15, 0.2) is 88.9 Å². The van der Waals surface area contributed by atoms with Crippen molar-refractivity contribution in [1.29, 1.82) is 0 Å². The summed E-state index contributed by atoms with van der Waals surface area (Å²) < 4.78 is 6.01. The fraction of sp³-hybridized carbons (Fsp3) is 0.194. The largest absolute Gasteiger partial charge is 0.454 e. The maximum atomic E-state index is 13.3. The van der Waals surface area contributed by atoms with Crippen LogP contribution < -0.4 is 10.2 Å². The van der Waals surface area contributed by atoms with E-state index in [1.165, 1.54) is 12.1 Å². The molecule has 0 unspecified atom stereocenters. The lowest BCUT2D eigenvalue weighted by atomic mass is 9.82. The number of imide groups is 1. The molecule has 1 N–H and O–H groups in total. The van der Waals surface area contributed by atoms with Crippen molar-refractivity contribution in [3.63, 3.8) is 0 Å². The molecule has 0 spiro atoms. The number of allylic oxidation sites excluding steroid dienone is 2. The number of hydrogen-bond donors (Lipinski definition) is 1. The molecule has 8 nitrogen and oxygen atoms in total. The monoisotopic (exact) mass is 600 g/mol. The Bertz CT molecular complexity index is 1560. The first-order valence-electron chi connectivity index (χ1n) is 12.7. The summed E-state index contributed by atoms with van der Waals surface area (Å²) in [5.41, 5.74) is 2.32. The fourth-order valence-electron chi connectivity index (χ4n) is 4.99. The van der Waals surface area contributed by atoms with Gasteiger partial charge in [0.25, 0.3) is 5.91 Å². The van der Waals surface area contributed by atoms with Crippen LogP contribution in [0.5, 0.6) is 0 Å². The Morgan fingerprint density at radius 2 is 1.65 bits per heavy atom. The number of para-hydroxylation sites is 1. The van der Waals surface area contributed by atoms with Crippen LogP contribution in [-0.4, -0.2) is 36.1 Å². The summed E-state index contributed by atoms with van der Waals surface area (Å²) in [4.78, 5) is 65.8. The number of fused-ring (bicyclic) bond motifs is 1. The van der Waals surface area contributed by atoms with Gasteiger partial charge in [-0.15, -0.1) is 0 Å². The van der Waals surface area contributed by atoms with Crippen LogP contribution in [0.4, 0.5) is 11.4 Å². The van der Waals surface area contributed by atoms with Crippen molar-refractivity contribution >= 4 is 56.8 Å². The Morgan fingerprint density at radius 3 is 2.42 bits per heavy atom. The Kier molecular flexibility index (Phi) is 7.75. The molecule has 1 heterocycles. The Hall–Kier alpha value is -4.37. The third kappa shape index (κ3) is 5.51. The maximum absolute atomic E-state index is 13.3. The lowest BCUT2D eigenvalue weighted by molar-refractivity contribution is -0.122. The van der Waals surface area contributed by atoms with Crippen molar-refractivity contribution in [3.8, 4) is 0 Å². The van der Waals surface area contributed by atoms with E-state index in [9.17, 15) is 24.0 Å². The van der Waals surface area contributed by atoms with Crippen LogP contribution in [0.1, 0.15) is 50.8 Å². The molecule has 9 heteroatoms. The topological polar surface area (TPSA) is 110 Å². The zero-order chi connectivity index (χ0) is 28.4. The molecule has 1 fully saturated rings. The van der Waals surface area contributed by atoms with Crippen molar-refractivity contribution in [1.82, 2.24) is 0 Å². The van der Waals surface area contributed by atoms with E-state index in [1.807, 2.05) is 13.0 Å². The number of carbonyl (C=O) groups excluding carboxylic acids is 5. The van der Waals surface area contributed by atoms with E-state index in [2.05, 4.69) is 21.2 Å². The normalized spacial score (nSPS) is 18.1. The predicted molar refractivity (Wildman–Crippen MR) is 152 cm³/mol. The van der Waals surface area contributed by atoms with Gasteiger partial charge in [0.2, 0.25) is 11.8 Å². The number of halogens is 1. The molecule has 40 heavy (non-hydrogen) atoms. The first-order chi connectivity index (χ1) is 19.2. The van der Waals surface area contributed by atoms with Gasteiger partial charge in [0.05, 0.1) is 28.7 Å². The number of nitrogens with one attached hydrogen (secondary N) is 1. The average Bonchev–Trinajstić information content (AvgIpc) is 3.20. The first kappa shape index (κ1) is 27.2. The molecule has 0 radical (unpaired) electrons. The molecule has 202 valence electrons. The van der Waals surface area contributed by atoms with Crippen molar-refractivity contribution in [2.24, 2.45) is 11.8 Å². The second-order valence-corrected chi connectivity index (χ2v) is 10.7. The molecule has 2 atom stereocenters. The van der Waals surface area contributed by atoms with Crippen molar-refractivity contribution in [3.05, 3.63) is 106 Å². The van der Waals surface area contributed by atoms with Crippen molar-refractivity contribution in [2.45, 2.75) is 19.8 Å². The third-order valence-electron chi connectivity index (χ3n) is 7.07. The van der Waals surface area contributed by atoms with Crippen LogP contribution in [0.3, 0.4) is 0 Å². The van der Waals surface area contributed by atoms with Crippen LogP contribution in [0, 0.1) is 11.8 Å². The van der Waals surface area contributed by atoms with Gasteiger partial charge in [-0.3, -0.25) is 19.2 Å². The van der Waals surface area contributed by atoms with Crippen molar-refractivity contribution in [2.75, 3.05) is 16.8 Å². The average molecular weight is 601 g/mol. The van der Waals surface area contributed by atoms with E-state index >= 15 is 0 Å². The van der Waals surface area contributed by atoms with Crippen LogP contribution in [0.25, 0.3) is 0 Å². The molecule has 3 aromatic carbocycles. The zero-order valence-corrected chi connectivity index (χ0v) is 23.1. The molecule has 0 saturated carbocycles.